The van der Waals surface area contributed by atoms with Crippen LogP contribution in [0, 0.1) is 9.49 Å². The minimum atomic E-state index is 0.284. The fourth-order valence-corrected chi connectivity index (χ4v) is 3.53. The average Bonchev–Trinajstić information content (AvgIpc) is 2.78. The number of hydrogen-bond acceptors (Lipinski definition) is 2. The number of hydrogen-bond donors (Lipinski definition) is 2. The van der Waals surface area contributed by atoms with E-state index in [4.69, 9.17) is 5.84 Å². The summed E-state index contributed by atoms with van der Waals surface area (Å²) in [6.07, 6.45) is 5.24. The van der Waals surface area contributed by atoms with Crippen LogP contribution in [-0.2, 0) is 0 Å². The van der Waals surface area contributed by atoms with Gasteiger partial charge in [-0.1, -0.05) is 28.8 Å². The van der Waals surface area contributed by atoms with E-state index < -0.39 is 0 Å². The molecule has 2 rings (SSSR count). The van der Waals surface area contributed by atoms with Crippen LogP contribution < -0.4 is 11.3 Å². The lowest BCUT2D eigenvalue weighted by molar-refractivity contribution is 0.372. The third-order valence-corrected chi connectivity index (χ3v) is 4.74. The lowest BCUT2D eigenvalue weighted by atomic mass is 9.92. The van der Waals surface area contributed by atoms with Crippen molar-refractivity contribution in [1.82, 2.24) is 5.43 Å². The Morgan fingerprint density at radius 3 is 2.69 bits per heavy atom. The zero-order valence-corrected chi connectivity index (χ0v) is 12.8. The van der Waals surface area contributed by atoms with Gasteiger partial charge in [-0.3, -0.25) is 11.3 Å². The Labute approximate surface area is 119 Å². The SMILES string of the molecule is NNC(c1cc(I)ccc1Br)C1CCCC1. The molecule has 1 aromatic carbocycles. The van der Waals surface area contributed by atoms with E-state index in [1.54, 1.807) is 0 Å². The highest BCUT2D eigenvalue weighted by molar-refractivity contribution is 14.1. The maximum absolute atomic E-state index is 5.73. The predicted octanol–water partition coefficient (Wildman–Crippen LogP) is 3.75. The quantitative estimate of drug-likeness (QED) is 0.465. The van der Waals surface area contributed by atoms with E-state index >= 15 is 0 Å². The monoisotopic (exact) mass is 394 g/mol. The van der Waals surface area contributed by atoms with E-state index in [-0.39, 0.29) is 6.04 Å². The second-order valence-corrected chi connectivity index (χ2v) is 6.45. The molecular weight excluding hydrogens is 379 g/mol. The topological polar surface area (TPSA) is 38.0 Å². The standard InChI is InChI=1S/C12H16BrIN2/c13-11-6-5-9(14)7-10(11)12(16-15)8-3-1-2-4-8/h5-8,12,16H,1-4,15H2. The Hall–Kier alpha value is 0.350. The van der Waals surface area contributed by atoms with E-state index in [0.29, 0.717) is 5.92 Å². The van der Waals surface area contributed by atoms with Crippen LogP contribution in [0.4, 0.5) is 0 Å². The molecule has 88 valence electrons. The van der Waals surface area contributed by atoms with E-state index in [0.717, 1.165) is 4.47 Å². The van der Waals surface area contributed by atoms with Gasteiger partial charge in [-0.15, -0.1) is 0 Å². The van der Waals surface area contributed by atoms with Crippen LogP contribution >= 0.6 is 38.5 Å². The second kappa shape index (κ2) is 5.80. The summed E-state index contributed by atoms with van der Waals surface area (Å²) in [6.45, 7) is 0. The molecule has 0 spiro atoms. The van der Waals surface area contributed by atoms with Crippen molar-refractivity contribution in [2.45, 2.75) is 31.7 Å². The summed E-state index contributed by atoms with van der Waals surface area (Å²) in [5, 5.41) is 0. The maximum atomic E-state index is 5.73. The van der Waals surface area contributed by atoms with Gasteiger partial charge in [0.2, 0.25) is 0 Å². The molecule has 0 amide bonds. The molecular formula is C12H16BrIN2. The minimum absolute atomic E-state index is 0.284. The molecule has 1 aliphatic rings. The highest BCUT2D eigenvalue weighted by Gasteiger charge is 2.26. The van der Waals surface area contributed by atoms with Gasteiger partial charge in [0.15, 0.2) is 0 Å². The van der Waals surface area contributed by atoms with Crippen molar-refractivity contribution in [3.05, 3.63) is 31.8 Å². The first-order chi connectivity index (χ1) is 7.72. The van der Waals surface area contributed by atoms with Crippen LogP contribution in [0.2, 0.25) is 0 Å². The van der Waals surface area contributed by atoms with Crippen molar-refractivity contribution in [2.24, 2.45) is 11.8 Å². The van der Waals surface area contributed by atoms with Gasteiger partial charge in [0.25, 0.3) is 0 Å². The van der Waals surface area contributed by atoms with Gasteiger partial charge < -0.3 is 0 Å². The van der Waals surface area contributed by atoms with Gasteiger partial charge in [-0.25, -0.2) is 0 Å². The fourth-order valence-electron chi connectivity index (χ4n) is 2.52. The Balaban J connectivity index is 2.28. The summed E-state index contributed by atoms with van der Waals surface area (Å²) >= 11 is 5.97. The summed E-state index contributed by atoms with van der Waals surface area (Å²) < 4.78 is 2.41. The van der Waals surface area contributed by atoms with Crippen LogP contribution in [0.3, 0.4) is 0 Å². The minimum Gasteiger partial charge on any atom is -0.271 e. The number of halogens is 2. The van der Waals surface area contributed by atoms with Gasteiger partial charge in [0.1, 0.15) is 0 Å². The Morgan fingerprint density at radius 2 is 2.06 bits per heavy atom. The third kappa shape index (κ3) is 2.78. The van der Waals surface area contributed by atoms with Crippen LogP contribution in [0.15, 0.2) is 22.7 Å². The van der Waals surface area contributed by atoms with Gasteiger partial charge in [0.05, 0.1) is 0 Å². The van der Waals surface area contributed by atoms with Crippen molar-refractivity contribution >= 4 is 38.5 Å². The summed E-state index contributed by atoms with van der Waals surface area (Å²) in [5.41, 5.74) is 4.29. The van der Waals surface area contributed by atoms with Crippen molar-refractivity contribution in [1.29, 1.82) is 0 Å². The molecule has 1 atom stereocenters. The Morgan fingerprint density at radius 1 is 1.38 bits per heavy atom. The van der Waals surface area contributed by atoms with Gasteiger partial charge in [-0.2, -0.15) is 0 Å². The van der Waals surface area contributed by atoms with Crippen molar-refractivity contribution in [3.63, 3.8) is 0 Å². The number of hydrazine groups is 1. The van der Waals surface area contributed by atoms with E-state index in [1.807, 2.05) is 0 Å². The van der Waals surface area contributed by atoms with Crippen molar-refractivity contribution in [2.75, 3.05) is 0 Å². The lowest BCUT2D eigenvalue weighted by Crippen LogP contribution is -2.33. The van der Waals surface area contributed by atoms with Crippen molar-refractivity contribution in [3.8, 4) is 0 Å². The summed E-state index contributed by atoms with van der Waals surface area (Å²) in [7, 11) is 0. The molecule has 16 heavy (non-hydrogen) atoms. The van der Waals surface area contributed by atoms with E-state index in [2.05, 4.69) is 62.1 Å². The summed E-state index contributed by atoms with van der Waals surface area (Å²) in [6, 6.07) is 6.71. The predicted molar refractivity (Wildman–Crippen MR) is 78.9 cm³/mol. The lowest BCUT2D eigenvalue weighted by Gasteiger charge is -2.24. The number of nitrogens with one attached hydrogen (secondary N) is 1. The zero-order chi connectivity index (χ0) is 11.5. The molecule has 2 nitrogen and oxygen atoms in total. The first-order valence-electron chi connectivity index (χ1n) is 5.63. The first-order valence-corrected chi connectivity index (χ1v) is 7.50. The van der Waals surface area contributed by atoms with E-state index in [9.17, 15) is 0 Å². The van der Waals surface area contributed by atoms with Gasteiger partial charge in [-0.05, 0) is 65.1 Å². The molecule has 1 saturated carbocycles. The highest BCUT2D eigenvalue weighted by Crippen LogP contribution is 2.38. The van der Waals surface area contributed by atoms with Gasteiger partial charge in [0, 0.05) is 14.1 Å². The van der Waals surface area contributed by atoms with E-state index in [1.165, 1.54) is 34.8 Å². The third-order valence-electron chi connectivity index (χ3n) is 3.34. The normalized spacial score (nSPS) is 18.9. The average molecular weight is 395 g/mol. The Kier molecular flexibility index (Phi) is 4.64. The smallest absolute Gasteiger partial charge is 0.0499 e. The molecule has 1 unspecified atom stereocenters. The molecule has 0 heterocycles. The molecule has 0 radical (unpaired) electrons. The molecule has 3 N–H and O–H groups in total. The molecule has 0 aromatic heterocycles. The van der Waals surface area contributed by atoms with Crippen LogP contribution in [0.25, 0.3) is 0 Å². The number of nitrogens with two attached hydrogens (primary N) is 1. The van der Waals surface area contributed by atoms with Crippen molar-refractivity contribution < 1.29 is 0 Å². The summed E-state index contributed by atoms with van der Waals surface area (Å²) in [4.78, 5) is 0. The molecule has 0 aliphatic heterocycles. The number of benzene rings is 1. The largest absolute Gasteiger partial charge is 0.271 e. The molecule has 1 fully saturated rings. The maximum Gasteiger partial charge on any atom is 0.0499 e. The summed E-state index contributed by atoms with van der Waals surface area (Å²) in [5.74, 6) is 6.41. The molecule has 0 saturated heterocycles. The number of rotatable bonds is 3. The second-order valence-electron chi connectivity index (χ2n) is 4.35. The highest BCUT2D eigenvalue weighted by atomic mass is 127. The van der Waals surface area contributed by atoms with Gasteiger partial charge >= 0.3 is 0 Å². The first kappa shape index (κ1) is 12.8. The van der Waals surface area contributed by atoms with Crippen LogP contribution in [0.5, 0.6) is 0 Å². The fraction of sp³-hybridized carbons (Fsp3) is 0.500. The van der Waals surface area contributed by atoms with Crippen LogP contribution in [-0.4, -0.2) is 0 Å². The Bertz CT molecular complexity index is 364. The molecule has 1 aliphatic carbocycles. The molecule has 0 bridgehead atoms. The molecule has 4 heteroatoms. The molecule has 1 aromatic rings. The van der Waals surface area contributed by atoms with Crippen LogP contribution in [0.1, 0.15) is 37.3 Å². The zero-order valence-electron chi connectivity index (χ0n) is 9.05.